The van der Waals surface area contributed by atoms with Crippen LogP contribution in [0.25, 0.3) is 17.0 Å². The lowest BCUT2D eigenvalue weighted by atomic mass is 10.1. The van der Waals surface area contributed by atoms with Gasteiger partial charge in [-0.25, -0.2) is 4.98 Å². The summed E-state index contributed by atoms with van der Waals surface area (Å²) in [6.07, 6.45) is 11.1. The highest BCUT2D eigenvalue weighted by atomic mass is 79.9. The van der Waals surface area contributed by atoms with E-state index in [0.29, 0.717) is 16.8 Å². The number of methoxy groups -OCH3 is 1. The van der Waals surface area contributed by atoms with Crippen LogP contribution in [0.5, 0.6) is 0 Å². The number of hydrogen-bond acceptors (Lipinski definition) is 6. The second-order valence-electron chi connectivity index (χ2n) is 6.68. The zero-order chi connectivity index (χ0) is 19.8. The Bertz CT molecular complexity index is 801. The number of esters is 1. The van der Waals surface area contributed by atoms with Crippen LogP contribution < -0.4 is 11.5 Å². The van der Waals surface area contributed by atoms with Gasteiger partial charge in [0.05, 0.1) is 18.0 Å². The van der Waals surface area contributed by atoms with Gasteiger partial charge in [-0.05, 0) is 48.5 Å². The minimum absolute atomic E-state index is 0.103. The van der Waals surface area contributed by atoms with E-state index in [9.17, 15) is 4.79 Å². The molecule has 7 nitrogen and oxygen atoms in total. The van der Waals surface area contributed by atoms with Gasteiger partial charge in [0.1, 0.15) is 10.4 Å². The van der Waals surface area contributed by atoms with E-state index in [1.165, 1.54) is 7.11 Å². The Kier molecular flexibility index (Phi) is 8.24. The molecule has 0 radical (unpaired) electrons. The molecule has 148 valence electrons. The number of halogens is 1. The first-order valence-electron chi connectivity index (χ1n) is 9.23. The van der Waals surface area contributed by atoms with Crippen LogP contribution >= 0.6 is 15.9 Å². The maximum atomic E-state index is 11.1. The summed E-state index contributed by atoms with van der Waals surface area (Å²) in [5.74, 6) is 0.315. The number of nitrogens with zero attached hydrogens (tertiary/aromatic N) is 3. The van der Waals surface area contributed by atoms with Crippen LogP contribution in [0, 0.1) is 0 Å². The van der Waals surface area contributed by atoms with Gasteiger partial charge in [0, 0.05) is 30.8 Å². The third-order valence-electron chi connectivity index (χ3n) is 4.36. The lowest BCUT2D eigenvalue weighted by Crippen LogP contribution is -2.18. The van der Waals surface area contributed by atoms with E-state index in [-0.39, 0.29) is 12.0 Å². The highest BCUT2D eigenvalue weighted by molar-refractivity contribution is 9.10. The Morgan fingerprint density at radius 2 is 2.19 bits per heavy atom. The van der Waals surface area contributed by atoms with Crippen LogP contribution in [-0.4, -0.2) is 33.9 Å². The zero-order valence-electron chi connectivity index (χ0n) is 15.9. The molecule has 0 fully saturated rings. The van der Waals surface area contributed by atoms with Gasteiger partial charge in [0.15, 0.2) is 0 Å². The molecule has 0 amide bonds. The number of aryl methyl sites for hydroxylation is 1. The van der Waals surface area contributed by atoms with E-state index in [4.69, 9.17) is 11.5 Å². The van der Waals surface area contributed by atoms with Crippen LogP contribution in [0.4, 0.5) is 5.82 Å². The van der Waals surface area contributed by atoms with Gasteiger partial charge in [0.2, 0.25) is 0 Å². The molecule has 0 unspecified atom stereocenters. The Morgan fingerprint density at radius 1 is 1.41 bits per heavy atom. The number of anilines is 1. The van der Waals surface area contributed by atoms with E-state index in [2.05, 4.69) is 42.9 Å². The molecule has 8 heteroatoms. The molecule has 0 bridgehead atoms. The molecule has 2 rings (SSSR count). The number of nitrogens with two attached hydrogens (primary N) is 2. The molecular formula is C19H28BrN5O2. The smallest absolute Gasteiger partial charge is 0.305 e. The predicted molar refractivity (Wildman–Crippen MR) is 112 cm³/mol. The monoisotopic (exact) mass is 437 g/mol. The fraction of sp³-hybridized carbons (Fsp3) is 0.526. The molecule has 2 aromatic heterocycles. The van der Waals surface area contributed by atoms with Crippen LogP contribution in [0.15, 0.2) is 16.9 Å². The Labute approximate surface area is 168 Å². The summed E-state index contributed by atoms with van der Waals surface area (Å²) in [4.78, 5) is 15.4. The molecular weight excluding hydrogens is 410 g/mol. The van der Waals surface area contributed by atoms with Gasteiger partial charge in [-0.1, -0.05) is 18.6 Å². The summed E-state index contributed by atoms with van der Waals surface area (Å²) >= 11 is 3.49. The van der Waals surface area contributed by atoms with Crippen molar-refractivity contribution in [2.75, 3.05) is 12.8 Å². The van der Waals surface area contributed by atoms with Crippen LogP contribution in [-0.2, 0) is 16.1 Å². The number of carbonyl (C=O) groups is 1. The molecule has 0 saturated heterocycles. The second-order valence-corrected chi connectivity index (χ2v) is 7.43. The Morgan fingerprint density at radius 3 is 2.89 bits per heavy atom. The quantitative estimate of drug-likeness (QED) is 0.433. The first kappa shape index (κ1) is 21.4. The molecule has 27 heavy (non-hydrogen) atoms. The van der Waals surface area contributed by atoms with E-state index in [1.54, 1.807) is 6.20 Å². The van der Waals surface area contributed by atoms with Crippen molar-refractivity contribution in [3.8, 4) is 0 Å². The fourth-order valence-electron chi connectivity index (χ4n) is 2.85. The summed E-state index contributed by atoms with van der Waals surface area (Å²) in [7, 11) is 1.42. The van der Waals surface area contributed by atoms with Crippen molar-refractivity contribution >= 4 is 44.7 Å². The number of hydrogen-bond donors (Lipinski definition) is 2. The summed E-state index contributed by atoms with van der Waals surface area (Å²) in [6.45, 7) is 2.70. The fourth-order valence-corrected chi connectivity index (χ4v) is 3.43. The van der Waals surface area contributed by atoms with Crippen molar-refractivity contribution < 1.29 is 9.53 Å². The molecule has 0 aliphatic carbocycles. The molecule has 0 spiro atoms. The van der Waals surface area contributed by atoms with Gasteiger partial charge in [0.25, 0.3) is 0 Å². The summed E-state index contributed by atoms with van der Waals surface area (Å²) in [5.41, 5.74) is 13.9. The predicted octanol–water partition coefficient (Wildman–Crippen LogP) is 3.65. The van der Waals surface area contributed by atoms with Crippen molar-refractivity contribution in [2.24, 2.45) is 5.73 Å². The van der Waals surface area contributed by atoms with Crippen molar-refractivity contribution in [1.29, 1.82) is 0 Å². The number of allylic oxidation sites excluding steroid dienone is 1. The average molecular weight is 438 g/mol. The van der Waals surface area contributed by atoms with Gasteiger partial charge < -0.3 is 16.2 Å². The summed E-state index contributed by atoms with van der Waals surface area (Å²) in [5, 5.41) is 5.39. The summed E-state index contributed by atoms with van der Waals surface area (Å²) in [6, 6.07) is 0.103. The highest BCUT2D eigenvalue weighted by Gasteiger charge is 2.15. The number of unbranched alkanes of at least 4 members (excludes halogenated alkanes) is 3. The highest BCUT2D eigenvalue weighted by Crippen LogP contribution is 2.30. The number of carbonyl (C=O) groups excluding carboxylic acids is 1. The zero-order valence-corrected chi connectivity index (χ0v) is 17.5. The lowest BCUT2D eigenvalue weighted by molar-refractivity contribution is -0.140. The van der Waals surface area contributed by atoms with Crippen LogP contribution in [0.2, 0.25) is 0 Å². The summed E-state index contributed by atoms with van der Waals surface area (Å²) < 4.78 is 7.28. The molecule has 0 aliphatic rings. The molecule has 0 saturated carbocycles. The molecule has 0 aliphatic heterocycles. The van der Waals surface area contributed by atoms with E-state index >= 15 is 0 Å². The number of rotatable bonds is 10. The van der Waals surface area contributed by atoms with Crippen molar-refractivity contribution in [2.45, 2.75) is 58.0 Å². The number of nitrogen functional groups attached to an aromatic ring is 1. The first-order chi connectivity index (χ1) is 12.9. The van der Waals surface area contributed by atoms with Gasteiger partial charge >= 0.3 is 5.97 Å². The Balaban J connectivity index is 2.06. The maximum absolute atomic E-state index is 11.1. The lowest BCUT2D eigenvalue weighted by Gasteiger charge is -2.08. The van der Waals surface area contributed by atoms with Gasteiger partial charge in [-0.3, -0.25) is 9.48 Å². The van der Waals surface area contributed by atoms with Crippen molar-refractivity contribution in [1.82, 2.24) is 14.8 Å². The average Bonchev–Trinajstić information content (AvgIpc) is 2.98. The van der Waals surface area contributed by atoms with Gasteiger partial charge in [-0.15, -0.1) is 0 Å². The van der Waals surface area contributed by atoms with Crippen molar-refractivity contribution in [3.63, 3.8) is 0 Å². The molecule has 1 atom stereocenters. The third kappa shape index (κ3) is 6.04. The normalized spacial score (nSPS) is 12.7. The standard InChI is InChI=1S/C19H28BrN5O2/c1-13(21)10-11-25-17-14(12-23-19(22)16(17)18(20)24-25)8-6-4-3-5-7-9-15(26)27-2/h6,8,12-13H,3-5,7,9-11,21H2,1-2H3,(H2,22,23)/b8-6+/t13-/m1/s1. The van der Waals surface area contributed by atoms with Crippen molar-refractivity contribution in [3.05, 3.63) is 22.4 Å². The molecule has 0 aromatic carbocycles. The molecule has 2 heterocycles. The largest absolute Gasteiger partial charge is 0.469 e. The number of aromatic nitrogens is 3. The first-order valence-corrected chi connectivity index (χ1v) is 10.0. The van der Waals surface area contributed by atoms with Crippen LogP contribution in [0.1, 0.15) is 51.0 Å². The minimum atomic E-state index is -0.147. The number of ether oxygens (including phenoxy) is 1. The van der Waals surface area contributed by atoms with E-state index in [0.717, 1.165) is 55.1 Å². The number of fused-ring (bicyclic) bond motifs is 1. The van der Waals surface area contributed by atoms with E-state index in [1.807, 2.05) is 11.6 Å². The SMILES string of the molecule is COC(=O)CCCCC/C=C/c1cnc(N)c2c(Br)nn(CC[C@@H](C)N)c12. The molecule has 4 N–H and O–H groups in total. The maximum Gasteiger partial charge on any atom is 0.305 e. The molecule has 2 aromatic rings. The Hall–Kier alpha value is -1.93. The second kappa shape index (κ2) is 10.4. The van der Waals surface area contributed by atoms with Crippen LogP contribution in [0.3, 0.4) is 0 Å². The van der Waals surface area contributed by atoms with Gasteiger partial charge in [-0.2, -0.15) is 5.10 Å². The van der Waals surface area contributed by atoms with E-state index < -0.39 is 0 Å². The topological polar surface area (TPSA) is 109 Å². The number of pyridine rings is 1. The minimum Gasteiger partial charge on any atom is -0.469 e. The third-order valence-corrected chi connectivity index (χ3v) is 4.91.